The summed E-state index contributed by atoms with van der Waals surface area (Å²) in [7, 11) is -3.43. The van der Waals surface area contributed by atoms with Crippen LogP contribution in [-0.4, -0.2) is 69.4 Å². The fourth-order valence-corrected chi connectivity index (χ4v) is 7.01. The molecule has 0 radical (unpaired) electrons. The summed E-state index contributed by atoms with van der Waals surface area (Å²) in [5.74, 6) is 2.35. The highest BCUT2D eigenvalue weighted by Crippen LogP contribution is 2.32. The Balaban J connectivity index is 1.87. The number of fused-ring (bicyclic) bond motifs is 1. The van der Waals surface area contributed by atoms with Gasteiger partial charge < -0.3 is 14.2 Å². The number of hydrogen-bond acceptors (Lipinski definition) is 8. The molecule has 1 unspecified atom stereocenters. The maximum Gasteiger partial charge on any atom is 0.411 e. The van der Waals surface area contributed by atoms with Crippen molar-refractivity contribution in [2.75, 3.05) is 20.8 Å². The number of Topliss-reactive ketones (excluding diaryl/α,β-unsaturated/α-hetero) is 1. The largest absolute Gasteiger partial charge is 0.497 e. The molecule has 2 aromatic carbocycles. The van der Waals surface area contributed by atoms with E-state index in [9.17, 15) is 22.8 Å². The Kier molecular flexibility index (Phi) is 10.5. The highest BCUT2D eigenvalue weighted by molar-refractivity contribution is 7.90. The van der Waals surface area contributed by atoms with Crippen LogP contribution >= 0.6 is 0 Å². The molecule has 1 aliphatic rings. The number of carbonyl (C=O) groups excluding carboxylic acids is 3. The van der Waals surface area contributed by atoms with E-state index in [0.717, 1.165) is 15.6 Å². The quantitative estimate of drug-likeness (QED) is 0.188. The second kappa shape index (κ2) is 13.9. The van der Waals surface area contributed by atoms with Gasteiger partial charge in [-0.25, -0.2) is 17.2 Å². The van der Waals surface area contributed by atoms with Gasteiger partial charge in [0, 0.05) is 18.8 Å². The van der Waals surface area contributed by atoms with Crippen LogP contribution in [0.2, 0.25) is 19.6 Å². The summed E-state index contributed by atoms with van der Waals surface area (Å²) in [6.07, 6.45) is 1.71. The number of carbonyl (C=O) groups is 3. The third-order valence-corrected chi connectivity index (χ3v) is 9.94. The Labute approximate surface area is 283 Å². The number of methoxy groups -OCH3 is 2. The first-order chi connectivity index (χ1) is 22.4. The van der Waals surface area contributed by atoms with Crippen molar-refractivity contribution in [3.8, 4) is 17.2 Å². The molecule has 1 heterocycles. The van der Waals surface area contributed by atoms with Gasteiger partial charge in [-0.05, 0) is 69.5 Å². The number of benzene rings is 2. The number of hydrogen-bond donors (Lipinski definition) is 0. The smallest absolute Gasteiger partial charge is 0.411 e. The van der Waals surface area contributed by atoms with Gasteiger partial charge in [-0.3, -0.25) is 14.5 Å². The van der Waals surface area contributed by atoms with Crippen molar-refractivity contribution < 1.29 is 37.0 Å². The van der Waals surface area contributed by atoms with Crippen molar-refractivity contribution in [3.05, 3.63) is 94.5 Å². The van der Waals surface area contributed by atoms with E-state index in [-0.39, 0.29) is 40.4 Å². The zero-order valence-corrected chi connectivity index (χ0v) is 30.7. The lowest BCUT2D eigenvalue weighted by Gasteiger charge is -2.32. The zero-order valence-electron chi connectivity index (χ0n) is 28.8. The Morgan fingerprint density at radius 2 is 1.60 bits per heavy atom. The van der Waals surface area contributed by atoms with Crippen molar-refractivity contribution >= 4 is 35.8 Å². The number of rotatable bonds is 9. The molecule has 254 valence electrons. The molecule has 1 aliphatic carbocycles. The summed E-state index contributed by atoms with van der Waals surface area (Å²) in [5, 5.41) is 0. The van der Waals surface area contributed by atoms with Crippen LogP contribution in [0.15, 0.2) is 71.5 Å². The molecule has 0 spiro atoms. The van der Waals surface area contributed by atoms with Crippen molar-refractivity contribution in [2.24, 2.45) is 0 Å². The van der Waals surface area contributed by atoms with Gasteiger partial charge in [-0.2, -0.15) is 0 Å². The van der Waals surface area contributed by atoms with E-state index in [1.807, 2.05) is 19.1 Å². The van der Waals surface area contributed by atoms with Crippen LogP contribution < -0.4 is 4.74 Å². The molecule has 0 aliphatic heterocycles. The van der Waals surface area contributed by atoms with Gasteiger partial charge in [0.05, 0.1) is 24.7 Å². The maximum atomic E-state index is 13.9. The number of nitrogens with zero attached hydrogens (tertiary/aromatic N) is 2. The molecule has 0 saturated carbocycles. The monoisotopic (exact) mass is 690 g/mol. The van der Waals surface area contributed by atoms with Gasteiger partial charge >= 0.3 is 6.09 Å². The van der Waals surface area contributed by atoms with E-state index < -0.39 is 47.4 Å². The number of ketones is 2. The van der Waals surface area contributed by atoms with E-state index in [1.165, 1.54) is 30.3 Å². The standard InChI is InChI=1S/C36H42N2O8SSi/c1-24-10-16-28(17-11-24)47(42,43)38-23-26(32-30(39)22-31(45-6)34(40)33(32)38)18-20-37(35(41)46-36(2,3)4)29(19-21-48(7,8)9)25-12-14-27(44-5)15-13-25/h10-17,22-23,29H,18,20H2,1-9H3. The summed E-state index contributed by atoms with van der Waals surface area (Å²) < 4.78 is 45.0. The number of ether oxygens (including phenoxy) is 3. The summed E-state index contributed by atoms with van der Waals surface area (Å²) in [5.41, 5.74) is 4.00. The first-order valence-corrected chi connectivity index (χ1v) is 20.4. The summed E-state index contributed by atoms with van der Waals surface area (Å²) in [6, 6.07) is 12.7. The van der Waals surface area contributed by atoms with Gasteiger partial charge in [-0.1, -0.05) is 55.4 Å². The Morgan fingerprint density at radius 1 is 0.979 bits per heavy atom. The van der Waals surface area contributed by atoms with Gasteiger partial charge in [0.1, 0.15) is 31.2 Å². The average Bonchev–Trinajstić information content (AvgIpc) is 3.41. The molecule has 4 rings (SSSR count). The van der Waals surface area contributed by atoms with Crippen LogP contribution in [0.3, 0.4) is 0 Å². The normalized spacial score (nSPS) is 13.9. The van der Waals surface area contributed by atoms with E-state index in [1.54, 1.807) is 52.1 Å². The first kappa shape index (κ1) is 36.2. The highest BCUT2D eigenvalue weighted by Gasteiger charge is 2.38. The topological polar surface area (TPSA) is 121 Å². The van der Waals surface area contributed by atoms with E-state index in [4.69, 9.17) is 14.2 Å². The second-order valence-electron chi connectivity index (χ2n) is 13.5. The summed E-state index contributed by atoms with van der Waals surface area (Å²) in [6.45, 7) is 13.4. The molecule has 1 aromatic heterocycles. The Bertz CT molecular complexity index is 1920. The lowest BCUT2D eigenvalue weighted by molar-refractivity contribution is 0.0206. The molecule has 1 amide bonds. The molecule has 12 heteroatoms. The van der Waals surface area contributed by atoms with Crippen LogP contribution in [0, 0.1) is 18.4 Å². The Hall–Kier alpha value is -4.60. The second-order valence-corrected chi connectivity index (χ2v) is 20.1. The van der Waals surface area contributed by atoms with Crippen molar-refractivity contribution in [1.29, 1.82) is 0 Å². The number of allylic oxidation sites excluding steroid dienone is 2. The van der Waals surface area contributed by atoms with E-state index in [2.05, 4.69) is 31.1 Å². The minimum Gasteiger partial charge on any atom is -0.497 e. The lowest BCUT2D eigenvalue weighted by atomic mass is 9.95. The Morgan fingerprint density at radius 3 is 2.15 bits per heavy atom. The third-order valence-electron chi connectivity index (χ3n) is 7.37. The molecule has 1 atom stereocenters. The van der Waals surface area contributed by atoms with Gasteiger partial charge in [-0.15, -0.1) is 5.54 Å². The molecule has 0 N–H and O–H groups in total. The summed E-state index contributed by atoms with van der Waals surface area (Å²) in [4.78, 5) is 42.3. The fraction of sp³-hybridized carbons (Fsp3) is 0.361. The maximum absolute atomic E-state index is 13.9. The van der Waals surface area contributed by atoms with Gasteiger partial charge in [0.15, 0.2) is 11.5 Å². The zero-order chi connectivity index (χ0) is 35.6. The van der Waals surface area contributed by atoms with Crippen LogP contribution in [-0.2, 0) is 25.9 Å². The average molecular weight is 691 g/mol. The van der Waals surface area contributed by atoms with Crippen LogP contribution in [0.1, 0.15) is 64.3 Å². The summed E-state index contributed by atoms with van der Waals surface area (Å²) >= 11 is 0. The lowest BCUT2D eigenvalue weighted by Crippen LogP contribution is -2.40. The van der Waals surface area contributed by atoms with E-state index >= 15 is 0 Å². The molecule has 0 bridgehead atoms. The van der Waals surface area contributed by atoms with E-state index in [0.29, 0.717) is 11.3 Å². The molecule has 0 fully saturated rings. The predicted molar refractivity (Wildman–Crippen MR) is 185 cm³/mol. The first-order valence-electron chi connectivity index (χ1n) is 15.4. The molecule has 48 heavy (non-hydrogen) atoms. The fourth-order valence-electron chi connectivity index (χ4n) is 5.05. The molecular weight excluding hydrogens is 649 g/mol. The molecule has 10 nitrogen and oxygen atoms in total. The minimum atomic E-state index is -4.31. The van der Waals surface area contributed by atoms with Crippen molar-refractivity contribution in [3.63, 3.8) is 0 Å². The van der Waals surface area contributed by atoms with Gasteiger partial charge in [0.2, 0.25) is 5.78 Å². The number of amides is 1. The van der Waals surface area contributed by atoms with Crippen molar-refractivity contribution in [1.82, 2.24) is 8.87 Å². The highest BCUT2D eigenvalue weighted by atomic mass is 32.2. The van der Waals surface area contributed by atoms with Crippen LogP contribution in [0.5, 0.6) is 5.75 Å². The molecular formula is C36H42N2O8SSi. The van der Waals surface area contributed by atoms with Gasteiger partial charge in [0.25, 0.3) is 10.0 Å². The molecule has 3 aromatic rings. The van der Waals surface area contributed by atoms with Crippen molar-refractivity contribution in [2.45, 2.75) is 70.3 Å². The molecule has 0 saturated heterocycles. The SMILES string of the molecule is COC1=CC(=O)c2c(CCN(C(=O)OC(C)(C)C)C(C#C[Si](C)(C)C)c3ccc(OC)cc3)cn(S(=O)(=O)c3ccc(C)cc3)c2C1=O. The minimum absolute atomic E-state index is 0.00838. The third kappa shape index (κ3) is 8.09. The number of aromatic nitrogens is 1. The van der Waals surface area contributed by atoms with Crippen LogP contribution in [0.4, 0.5) is 4.79 Å². The predicted octanol–water partition coefficient (Wildman–Crippen LogP) is 6.35. The number of aryl methyl sites for hydroxylation is 1. The van der Waals surface area contributed by atoms with Crippen LogP contribution in [0.25, 0.3) is 0 Å².